The molecule has 0 aliphatic heterocycles. The monoisotopic (exact) mass is 254 g/mol. The van der Waals surface area contributed by atoms with Gasteiger partial charge in [0.2, 0.25) is 0 Å². The standard InChI is InChI=1S/C14H23FN2O/c1-14(2,18)10-17(3)9-8-13(16)11-6-4-5-7-12(11)15/h4-7,13,18H,8-10,16H2,1-3H3. The summed E-state index contributed by atoms with van der Waals surface area (Å²) in [5, 5.41) is 9.68. The first kappa shape index (κ1) is 15.1. The summed E-state index contributed by atoms with van der Waals surface area (Å²) in [6, 6.07) is 6.28. The zero-order valence-electron chi connectivity index (χ0n) is 11.4. The van der Waals surface area contributed by atoms with Crippen LogP contribution in [0, 0.1) is 5.82 Å². The first-order chi connectivity index (χ1) is 8.29. The molecule has 0 amide bonds. The summed E-state index contributed by atoms with van der Waals surface area (Å²) < 4.78 is 13.5. The number of hydrogen-bond acceptors (Lipinski definition) is 3. The Morgan fingerprint density at radius 2 is 2.00 bits per heavy atom. The summed E-state index contributed by atoms with van der Waals surface area (Å²) in [7, 11) is 1.92. The summed E-state index contributed by atoms with van der Waals surface area (Å²) >= 11 is 0. The maximum absolute atomic E-state index is 13.5. The zero-order chi connectivity index (χ0) is 13.8. The lowest BCUT2D eigenvalue weighted by atomic mass is 10.0. The van der Waals surface area contributed by atoms with E-state index in [0.29, 0.717) is 18.5 Å². The van der Waals surface area contributed by atoms with Crippen molar-refractivity contribution < 1.29 is 9.50 Å². The van der Waals surface area contributed by atoms with Gasteiger partial charge in [0.15, 0.2) is 0 Å². The number of hydrogen-bond donors (Lipinski definition) is 2. The van der Waals surface area contributed by atoms with Crippen LogP contribution in [0.2, 0.25) is 0 Å². The molecule has 0 spiro atoms. The van der Waals surface area contributed by atoms with Crippen molar-refractivity contribution >= 4 is 0 Å². The van der Waals surface area contributed by atoms with Crippen LogP contribution in [0.15, 0.2) is 24.3 Å². The molecule has 0 saturated heterocycles. The van der Waals surface area contributed by atoms with Gasteiger partial charge in [0.1, 0.15) is 5.82 Å². The third-order valence-electron chi connectivity index (χ3n) is 2.78. The number of likely N-dealkylation sites (N-methyl/N-ethyl adjacent to an activating group) is 1. The average Bonchev–Trinajstić information content (AvgIpc) is 2.24. The number of rotatable bonds is 6. The van der Waals surface area contributed by atoms with Crippen molar-refractivity contribution in [3.8, 4) is 0 Å². The lowest BCUT2D eigenvalue weighted by Gasteiger charge is -2.26. The Bertz CT molecular complexity index is 376. The molecule has 0 aliphatic rings. The first-order valence-electron chi connectivity index (χ1n) is 6.20. The van der Waals surface area contributed by atoms with Crippen molar-refractivity contribution in [3.63, 3.8) is 0 Å². The third-order valence-corrected chi connectivity index (χ3v) is 2.78. The lowest BCUT2D eigenvalue weighted by molar-refractivity contribution is 0.0438. The van der Waals surface area contributed by atoms with E-state index in [1.165, 1.54) is 6.07 Å². The van der Waals surface area contributed by atoms with Crippen LogP contribution in [0.4, 0.5) is 4.39 Å². The summed E-state index contributed by atoms with van der Waals surface area (Å²) in [6.45, 7) is 4.82. The Morgan fingerprint density at radius 1 is 1.39 bits per heavy atom. The highest BCUT2D eigenvalue weighted by molar-refractivity contribution is 5.20. The average molecular weight is 254 g/mol. The van der Waals surface area contributed by atoms with Crippen LogP contribution in [0.25, 0.3) is 0 Å². The Kier molecular flexibility index (Phi) is 5.26. The van der Waals surface area contributed by atoms with E-state index in [-0.39, 0.29) is 11.9 Å². The van der Waals surface area contributed by atoms with Gasteiger partial charge >= 0.3 is 0 Å². The van der Waals surface area contributed by atoms with Crippen molar-refractivity contribution in [1.29, 1.82) is 0 Å². The Labute approximate surface area is 108 Å². The normalized spacial score (nSPS) is 13.9. The molecule has 1 aromatic rings. The molecule has 0 aliphatic carbocycles. The molecule has 0 aromatic heterocycles. The number of nitrogens with zero attached hydrogens (tertiary/aromatic N) is 1. The van der Waals surface area contributed by atoms with E-state index < -0.39 is 5.60 Å². The van der Waals surface area contributed by atoms with Crippen molar-refractivity contribution in [1.82, 2.24) is 4.90 Å². The molecule has 1 rings (SSSR count). The van der Waals surface area contributed by atoms with Gasteiger partial charge in [0, 0.05) is 18.2 Å². The molecule has 0 bridgehead atoms. The molecule has 0 heterocycles. The zero-order valence-corrected chi connectivity index (χ0v) is 11.4. The van der Waals surface area contributed by atoms with Gasteiger partial charge < -0.3 is 15.7 Å². The van der Waals surface area contributed by atoms with Crippen LogP contribution in [0.5, 0.6) is 0 Å². The summed E-state index contributed by atoms with van der Waals surface area (Å²) in [5.41, 5.74) is 5.80. The van der Waals surface area contributed by atoms with Crippen LogP contribution < -0.4 is 5.73 Å². The molecular weight excluding hydrogens is 231 g/mol. The number of benzene rings is 1. The highest BCUT2D eigenvalue weighted by Gasteiger charge is 2.17. The Balaban J connectivity index is 2.47. The quantitative estimate of drug-likeness (QED) is 0.815. The molecule has 3 nitrogen and oxygen atoms in total. The first-order valence-corrected chi connectivity index (χ1v) is 6.20. The van der Waals surface area contributed by atoms with E-state index in [1.807, 2.05) is 11.9 Å². The van der Waals surface area contributed by atoms with Crippen molar-refractivity contribution in [2.75, 3.05) is 20.1 Å². The minimum absolute atomic E-state index is 0.254. The van der Waals surface area contributed by atoms with Crippen LogP contribution in [0.1, 0.15) is 31.9 Å². The number of nitrogens with two attached hydrogens (primary N) is 1. The summed E-state index contributed by atoms with van der Waals surface area (Å²) in [6.07, 6.45) is 0.660. The van der Waals surface area contributed by atoms with Gasteiger partial charge in [0.25, 0.3) is 0 Å². The fourth-order valence-electron chi connectivity index (χ4n) is 2.03. The summed E-state index contributed by atoms with van der Waals surface area (Å²) in [4.78, 5) is 2.00. The minimum atomic E-state index is -0.725. The highest BCUT2D eigenvalue weighted by Crippen LogP contribution is 2.18. The second kappa shape index (κ2) is 6.27. The topological polar surface area (TPSA) is 49.5 Å². The molecule has 102 valence electrons. The van der Waals surface area contributed by atoms with Gasteiger partial charge in [-0.25, -0.2) is 4.39 Å². The van der Waals surface area contributed by atoms with E-state index in [0.717, 1.165) is 6.54 Å². The predicted octanol–water partition coefficient (Wildman–Crippen LogP) is 1.92. The summed E-state index contributed by atoms with van der Waals surface area (Å²) in [5.74, 6) is -0.254. The Hall–Kier alpha value is -0.970. The maximum atomic E-state index is 13.5. The molecule has 1 aromatic carbocycles. The molecular formula is C14H23FN2O. The van der Waals surface area contributed by atoms with Gasteiger partial charge in [-0.05, 0) is 39.9 Å². The van der Waals surface area contributed by atoms with Gasteiger partial charge in [-0.1, -0.05) is 18.2 Å². The second-order valence-electron chi connectivity index (χ2n) is 5.47. The van der Waals surface area contributed by atoms with Crippen molar-refractivity contribution in [2.24, 2.45) is 5.73 Å². The van der Waals surface area contributed by atoms with Crippen LogP contribution >= 0.6 is 0 Å². The largest absolute Gasteiger partial charge is 0.389 e. The second-order valence-corrected chi connectivity index (χ2v) is 5.47. The van der Waals surface area contributed by atoms with Crippen LogP contribution in [0.3, 0.4) is 0 Å². The fraction of sp³-hybridized carbons (Fsp3) is 0.571. The van der Waals surface area contributed by atoms with Crippen molar-refractivity contribution in [3.05, 3.63) is 35.6 Å². The fourth-order valence-corrected chi connectivity index (χ4v) is 2.03. The minimum Gasteiger partial charge on any atom is -0.389 e. The molecule has 1 atom stereocenters. The SMILES string of the molecule is CN(CCC(N)c1ccccc1F)CC(C)(C)O. The van der Waals surface area contributed by atoms with Gasteiger partial charge in [-0.3, -0.25) is 0 Å². The third kappa shape index (κ3) is 5.12. The predicted molar refractivity (Wildman–Crippen MR) is 71.7 cm³/mol. The van der Waals surface area contributed by atoms with Gasteiger partial charge in [-0.2, -0.15) is 0 Å². The van der Waals surface area contributed by atoms with Crippen molar-refractivity contribution in [2.45, 2.75) is 31.9 Å². The van der Waals surface area contributed by atoms with E-state index in [4.69, 9.17) is 5.73 Å². The molecule has 18 heavy (non-hydrogen) atoms. The molecule has 4 heteroatoms. The highest BCUT2D eigenvalue weighted by atomic mass is 19.1. The van der Waals surface area contributed by atoms with E-state index in [1.54, 1.807) is 32.0 Å². The molecule has 3 N–H and O–H groups in total. The van der Waals surface area contributed by atoms with Gasteiger partial charge in [-0.15, -0.1) is 0 Å². The molecule has 0 radical (unpaired) electrons. The number of aliphatic hydroxyl groups is 1. The van der Waals surface area contributed by atoms with Crippen LogP contribution in [-0.4, -0.2) is 35.7 Å². The number of halogens is 1. The van der Waals surface area contributed by atoms with E-state index in [2.05, 4.69) is 0 Å². The van der Waals surface area contributed by atoms with E-state index in [9.17, 15) is 9.50 Å². The van der Waals surface area contributed by atoms with E-state index >= 15 is 0 Å². The lowest BCUT2D eigenvalue weighted by Crippen LogP contribution is -2.37. The Morgan fingerprint density at radius 3 is 2.56 bits per heavy atom. The van der Waals surface area contributed by atoms with Gasteiger partial charge in [0.05, 0.1) is 5.60 Å². The maximum Gasteiger partial charge on any atom is 0.127 e. The van der Waals surface area contributed by atoms with Crippen LogP contribution in [-0.2, 0) is 0 Å². The molecule has 1 unspecified atom stereocenters. The molecule has 0 fully saturated rings. The smallest absolute Gasteiger partial charge is 0.127 e. The molecule has 0 saturated carbocycles.